The highest BCUT2D eigenvalue weighted by Gasteiger charge is 2.00. The maximum atomic E-state index is 5.45. The van der Waals surface area contributed by atoms with Crippen molar-refractivity contribution in [3.05, 3.63) is 36.2 Å². The van der Waals surface area contributed by atoms with E-state index in [2.05, 4.69) is 25.0 Å². The first-order chi connectivity index (χ1) is 8.25. The molecule has 0 aliphatic heterocycles. The molecule has 3 N–H and O–H groups in total. The van der Waals surface area contributed by atoms with Crippen molar-refractivity contribution in [1.29, 1.82) is 0 Å². The molecule has 0 radical (unpaired) electrons. The number of thiocarbonyl (C=S) groups is 1. The molecule has 0 saturated heterocycles. The number of nitrogens with zero attached hydrogens (tertiary/aromatic N) is 3. The quantitative estimate of drug-likeness (QED) is 0.756. The van der Waals surface area contributed by atoms with Crippen LogP contribution in [0, 0.1) is 0 Å². The lowest BCUT2D eigenvalue weighted by atomic mass is 10.3. The van der Waals surface area contributed by atoms with Crippen LogP contribution in [0.4, 0.5) is 5.69 Å². The molecule has 0 aliphatic rings. The summed E-state index contributed by atoms with van der Waals surface area (Å²) in [7, 11) is 0. The summed E-state index contributed by atoms with van der Waals surface area (Å²) in [6.45, 7) is 0.702. The van der Waals surface area contributed by atoms with Gasteiger partial charge in [-0.2, -0.15) is 4.98 Å². The summed E-state index contributed by atoms with van der Waals surface area (Å²) >= 11 is 4.81. The number of anilines is 1. The van der Waals surface area contributed by atoms with Crippen LogP contribution in [0.15, 0.2) is 29.2 Å². The number of pyridine rings is 1. The first-order valence-corrected chi connectivity index (χ1v) is 5.41. The molecular formula is C10H11N5OS. The topological polar surface area (TPSA) is 89.9 Å². The first-order valence-electron chi connectivity index (χ1n) is 5.00. The Bertz CT molecular complexity index is 482. The van der Waals surface area contributed by atoms with Crippen LogP contribution >= 0.6 is 12.2 Å². The van der Waals surface area contributed by atoms with Gasteiger partial charge in [0.25, 0.3) is 0 Å². The third-order valence-corrected chi connectivity index (χ3v) is 2.31. The van der Waals surface area contributed by atoms with Crippen molar-refractivity contribution in [3.63, 3.8) is 0 Å². The van der Waals surface area contributed by atoms with Gasteiger partial charge in [0.1, 0.15) is 4.99 Å². The Morgan fingerprint density at radius 1 is 1.41 bits per heavy atom. The molecule has 0 bridgehead atoms. The van der Waals surface area contributed by atoms with Crippen LogP contribution in [0.5, 0.6) is 0 Å². The molecule has 2 rings (SSSR count). The molecule has 0 atom stereocenters. The van der Waals surface area contributed by atoms with Crippen molar-refractivity contribution < 1.29 is 4.52 Å². The van der Waals surface area contributed by atoms with Gasteiger partial charge in [0, 0.05) is 13.0 Å². The van der Waals surface area contributed by atoms with Crippen LogP contribution in [0.3, 0.4) is 0 Å². The predicted octanol–water partition coefficient (Wildman–Crippen LogP) is 0.753. The minimum Gasteiger partial charge on any atom is -0.388 e. The number of nitrogens with two attached hydrogens (primary N) is 1. The van der Waals surface area contributed by atoms with Gasteiger partial charge in [-0.25, -0.2) is 0 Å². The molecule has 2 aromatic heterocycles. The molecule has 0 aromatic carbocycles. The first kappa shape index (κ1) is 11.5. The number of hydrogen-bond donors (Lipinski definition) is 2. The van der Waals surface area contributed by atoms with Crippen molar-refractivity contribution >= 4 is 22.9 Å². The van der Waals surface area contributed by atoms with Gasteiger partial charge in [-0.15, -0.1) is 0 Å². The highest BCUT2D eigenvalue weighted by atomic mass is 32.1. The van der Waals surface area contributed by atoms with Crippen LogP contribution in [0.1, 0.15) is 11.5 Å². The average molecular weight is 249 g/mol. The number of rotatable bonds is 5. The van der Waals surface area contributed by atoms with E-state index in [-0.39, 0.29) is 0 Å². The normalized spacial score (nSPS) is 10.1. The van der Waals surface area contributed by atoms with Crippen molar-refractivity contribution in [2.45, 2.75) is 6.42 Å². The van der Waals surface area contributed by atoms with E-state index >= 15 is 0 Å². The molecule has 6 nitrogen and oxygen atoms in total. The highest BCUT2D eigenvalue weighted by Crippen LogP contribution is 2.06. The molecule has 2 aromatic rings. The fraction of sp³-hybridized carbons (Fsp3) is 0.200. The second-order valence-electron chi connectivity index (χ2n) is 3.32. The molecule has 17 heavy (non-hydrogen) atoms. The van der Waals surface area contributed by atoms with Gasteiger partial charge in [0.15, 0.2) is 5.82 Å². The van der Waals surface area contributed by atoms with E-state index in [1.54, 1.807) is 12.3 Å². The molecule has 7 heteroatoms. The van der Waals surface area contributed by atoms with E-state index in [1.165, 1.54) is 6.39 Å². The van der Waals surface area contributed by atoms with Crippen LogP contribution in [0.2, 0.25) is 0 Å². The number of nitrogens with one attached hydrogen (secondary N) is 1. The second kappa shape index (κ2) is 5.35. The van der Waals surface area contributed by atoms with E-state index in [9.17, 15) is 0 Å². The zero-order valence-electron chi connectivity index (χ0n) is 8.96. The molecule has 0 saturated carbocycles. The third kappa shape index (κ3) is 3.22. The van der Waals surface area contributed by atoms with E-state index < -0.39 is 0 Å². The summed E-state index contributed by atoms with van der Waals surface area (Å²) < 4.78 is 4.63. The van der Waals surface area contributed by atoms with Crippen molar-refractivity contribution in [2.75, 3.05) is 11.9 Å². The molecule has 0 amide bonds. The SMILES string of the molecule is NC(=S)c1ccc(NCCc2ncon2)cn1. The lowest BCUT2D eigenvalue weighted by molar-refractivity contribution is 0.410. The van der Waals surface area contributed by atoms with Crippen LogP contribution in [-0.4, -0.2) is 26.7 Å². The zero-order chi connectivity index (χ0) is 12.1. The van der Waals surface area contributed by atoms with E-state index in [0.717, 1.165) is 5.69 Å². The fourth-order valence-corrected chi connectivity index (χ4v) is 1.39. The minimum atomic E-state index is 0.295. The molecule has 0 fully saturated rings. The Labute approximate surface area is 103 Å². The Morgan fingerprint density at radius 3 is 2.88 bits per heavy atom. The summed E-state index contributed by atoms with van der Waals surface area (Å²) in [5.74, 6) is 0.671. The molecule has 88 valence electrons. The lowest BCUT2D eigenvalue weighted by Crippen LogP contribution is -2.12. The molecule has 0 spiro atoms. The van der Waals surface area contributed by atoms with E-state index in [4.69, 9.17) is 18.0 Å². The molecular weight excluding hydrogens is 238 g/mol. The van der Waals surface area contributed by atoms with Crippen LogP contribution in [-0.2, 0) is 6.42 Å². The van der Waals surface area contributed by atoms with Gasteiger partial charge >= 0.3 is 0 Å². The molecule has 0 unspecified atom stereocenters. The van der Waals surface area contributed by atoms with Gasteiger partial charge in [-0.1, -0.05) is 17.4 Å². The van der Waals surface area contributed by atoms with Crippen LogP contribution < -0.4 is 11.1 Å². The Balaban J connectivity index is 1.85. The van der Waals surface area contributed by atoms with Gasteiger partial charge in [-0.3, -0.25) is 4.98 Å². The lowest BCUT2D eigenvalue weighted by Gasteiger charge is -2.04. The number of hydrogen-bond acceptors (Lipinski definition) is 6. The van der Waals surface area contributed by atoms with E-state index in [1.807, 2.05) is 6.07 Å². The van der Waals surface area contributed by atoms with Crippen molar-refractivity contribution in [3.8, 4) is 0 Å². The maximum Gasteiger partial charge on any atom is 0.213 e. The largest absolute Gasteiger partial charge is 0.388 e. The Morgan fingerprint density at radius 2 is 2.29 bits per heavy atom. The third-order valence-electron chi connectivity index (χ3n) is 2.10. The predicted molar refractivity (Wildman–Crippen MR) is 66.6 cm³/mol. The van der Waals surface area contributed by atoms with Gasteiger partial charge in [0.05, 0.1) is 17.6 Å². The molecule has 2 heterocycles. The fourth-order valence-electron chi connectivity index (χ4n) is 1.27. The average Bonchev–Trinajstić information content (AvgIpc) is 2.83. The Kier molecular flexibility index (Phi) is 3.61. The van der Waals surface area contributed by atoms with Gasteiger partial charge in [-0.05, 0) is 12.1 Å². The maximum absolute atomic E-state index is 5.45. The molecule has 0 aliphatic carbocycles. The summed E-state index contributed by atoms with van der Waals surface area (Å²) in [5.41, 5.74) is 6.96. The second-order valence-corrected chi connectivity index (χ2v) is 3.76. The van der Waals surface area contributed by atoms with E-state index in [0.29, 0.717) is 29.5 Å². The summed E-state index contributed by atoms with van der Waals surface area (Å²) in [5, 5.41) is 6.89. The minimum absolute atomic E-state index is 0.295. The van der Waals surface area contributed by atoms with Crippen LogP contribution in [0.25, 0.3) is 0 Å². The van der Waals surface area contributed by atoms with Gasteiger partial charge < -0.3 is 15.6 Å². The number of aromatic nitrogens is 3. The summed E-state index contributed by atoms with van der Waals surface area (Å²) in [4.78, 5) is 8.33. The standard InChI is InChI=1S/C10H11N5OS/c11-10(17)8-2-1-7(5-13-8)12-4-3-9-14-6-16-15-9/h1-2,5-6,12H,3-4H2,(H2,11,17). The monoisotopic (exact) mass is 249 g/mol. The van der Waals surface area contributed by atoms with Gasteiger partial charge in [0.2, 0.25) is 6.39 Å². The highest BCUT2D eigenvalue weighted by molar-refractivity contribution is 7.80. The smallest absolute Gasteiger partial charge is 0.213 e. The Hall–Kier alpha value is -2.02. The van der Waals surface area contributed by atoms with Crippen molar-refractivity contribution in [2.24, 2.45) is 5.73 Å². The summed E-state index contributed by atoms with van der Waals surface area (Å²) in [6, 6.07) is 3.65. The van der Waals surface area contributed by atoms with Crippen molar-refractivity contribution in [1.82, 2.24) is 15.1 Å². The zero-order valence-corrected chi connectivity index (χ0v) is 9.78. The summed E-state index contributed by atoms with van der Waals surface area (Å²) in [6.07, 6.45) is 3.69.